The van der Waals surface area contributed by atoms with Crippen LogP contribution in [0, 0.1) is 35.7 Å². The monoisotopic (exact) mass is 513 g/mol. The van der Waals surface area contributed by atoms with Gasteiger partial charge in [0.05, 0.1) is 5.56 Å². The van der Waals surface area contributed by atoms with Crippen LogP contribution in [0.15, 0.2) is 29.2 Å². The first-order valence-corrected chi connectivity index (χ1v) is 11.2. The first-order chi connectivity index (χ1) is 15.2. The van der Waals surface area contributed by atoms with Gasteiger partial charge in [-0.05, 0) is 38.5 Å². The zero-order valence-electron chi connectivity index (χ0n) is 17.6. The van der Waals surface area contributed by atoms with E-state index in [1.54, 1.807) is 0 Å². The number of imide groups is 1. The number of halogens is 8. The number of carbonyl (C=O) groups is 2. The number of amides is 3. The van der Waals surface area contributed by atoms with E-state index in [-0.39, 0.29) is 17.0 Å². The smallest absolute Gasteiger partial charge is 0.305 e. The van der Waals surface area contributed by atoms with Gasteiger partial charge in [0.1, 0.15) is 22.2 Å². The number of hydrogen-bond acceptors (Lipinski definition) is 3. The molecule has 3 rings (SSSR count). The van der Waals surface area contributed by atoms with Crippen LogP contribution in [0.3, 0.4) is 0 Å². The Hall–Kier alpha value is -3.34. The molecule has 14 heteroatoms. The number of nitrogens with zero attached hydrogens (tertiary/aromatic N) is 3. The van der Waals surface area contributed by atoms with Crippen molar-refractivity contribution in [3.63, 3.8) is 0 Å². The average molecular weight is 513 g/mol. The fourth-order valence-corrected chi connectivity index (χ4v) is 4.17. The second-order valence-corrected chi connectivity index (χ2v) is 10.5. The van der Waals surface area contributed by atoms with Crippen molar-refractivity contribution in [2.75, 3.05) is 4.90 Å². The Bertz CT molecular complexity index is 1270. The van der Waals surface area contributed by atoms with Crippen molar-refractivity contribution >= 4 is 27.8 Å². The Kier molecular flexibility index (Phi) is 5.09. The van der Waals surface area contributed by atoms with Crippen molar-refractivity contribution in [2.24, 2.45) is 0 Å². The summed E-state index contributed by atoms with van der Waals surface area (Å²) in [6.45, 7) is 2.30. The molecule has 34 heavy (non-hydrogen) atoms. The molecule has 1 heterocycles. The third-order valence-electron chi connectivity index (χ3n) is 5.38. The molecule has 1 aliphatic rings. The van der Waals surface area contributed by atoms with Gasteiger partial charge in [0.15, 0.2) is 17.5 Å². The summed E-state index contributed by atoms with van der Waals surface area (Å²) in [7, 11) is -10.1. The zero-order valence-corrected chi connectivity index (χ0v) is 18.4. The van der Waals surface area contributed by atoms with Crippen molar-refractivity contribution in [1.29, 1.82) is 5.26 Å². The number of hydrogen-bond donors (Lipinski definition) is 0. The molecule has 2 aromatic rings. The Balaban J connectivity index is 2.11. The molecule has 0 aliphatic carbocycles. The summed E-state index contributed by atoms with van der Waals surface area (Å²) in [4.78, 5) is 24.2. The van der Waals surface area contributed by atoms with Gasteiger partial charge in [-0.15, -0.1) is 0 Å². The molecule has 5 nitrogen and oxygen atoms in total. The molecule has 1 fully saturated rings. The molecule has 0 radical (unpaired) electrons. The van der Waals surface area contributed by atoms with Crippen molar-refractivity contribution in [3.8, 4) is 6.07 Å². The second-order valence-electron chi connectivity index (χ2n) is 8.09. The molecule has 2 aromatic carbocycles. The Morgan fingerprint density at radius 3 is 2.12 bits per heavy atom. The summed E-state index contributed by atoms with van der Waals surface area (Å²) in [6.07, 6.45) is 0. The first-order valence-electron chi connectivity index (χ1n) is 9.28. The van der Waals surface area contributed by atoms with Gasteiger partial charge in [-0.3, -0.25) is 4.79 Å². The fraction of sp³-hybridized carbons (Fsp3) is 0.250. The maximum atomic E-state index is 14.8. The lowest BCUT2D eigenvalue weighted by molar-refractivity contribution is -0.123. The van der Waals surface area contributed by atoms with Crippen LogP contribution in [0.5, 0.6) is 0 Å². The van der Waals surface area contributed by atoms with E-state index in [1.807, 2.05) is 0 Å². The standard InChI is InChI=1S/C20H15F8N3O2S/c1-10-13(8-29)15(22)16(23)17(14(10)21)31-18(32)20(2,3)30(19(31)33)9-11-5-4-6-12(7-11)34(24,25,26,27)28/h4-7H,9H2,1-3H3. The average Bonchev–Trinajstić information content (AvgIpc) is 2.86. The van der Waals surface area contributed by atoms with Crippen LogP contribution >= 0.6 is 10.2 Å². The Morgan fingerprint density at radius 1 is 1.00 bits per heavy atom. The zero-order chi connectivity index (χ0) is 26.1. The van der Waals surface area contributed by atoms with Crippen LogP contribution < -0.4 is 4.90 Å². The minimum atomic E-state index is -10.1. The van der Waals surface area contributed by atoms with Gasteiger partial charge in [-0.2, -0.15) is 5.26 Å². The van der Waals surface area contributed by atoms with E-state index in [4.69, 9.17) is 5.26 Å². The molecule has 1 aliphatic heterocycles. The summed E-state index contributed by atoms with van der Waals surface area (Å²) in [5.41, 5.74) is -5.44. The maximum absolute atomic E-state index is 14.8. The summed E-state index contributed by atoms with van der Waals surface area (Å²) in [6, 6.07) is 1.73. The summed E-state index contributed by atoms with van der Waals surface area (Å²) in [5, 5.41) is 8.90. The van der Waals surface area contributed by atoms with Crippen LogP contribution in [-0.4, -0.2) is 22.4 Å². The Morgan fingerprint density at radius 2 is 1.59 bits per heavy atom. The number of anilines is 1. The van der Waals surface area contributed by atoms with Gasteiger partial charge < -0.3 is 4.90 Å². The molecule has 0 saturated carbocycles. The highest BCUT2D eigenvalue weighted by molar-refractivity contribution is 8.45. The van der Waals surface area contributed by atoms with Crippen molar-refractivity contribution in [1.82, 2.24) is 4.90 Å². The van der Waals surface area contributed by atoms with Gasteiger partial charge in [-0.1, -0.05) is 31.6 Å². The van der Waals surface area contributed by atoms with Crippen LogP contribution in [0.4, 0.5) is 43.1 Å². The largest absolute Gasteiger partial charge is 0.332 e. The van der Waals surface area contributed by atoms with E-state index in [0.717, 1.165) is 26.8 Å². The number of nitriles is 1. The molecule has 0 aromatic heterocycles. The van der Waals surface area contributed by atoms with Crippen LogP contribution in [-0.2, 0) is 11.3 Å². The lowest BCUT2D eigenvalue weighted by atomic mass is 10.0. The van der Waals surface area contributed by atoms with Crippen LogP contribution in [0.25, 0.3) is 0 Å². The third-order valence-corrected chi connectivity index (χ3v) is 6.52. The lowest BCUT2D eigenvalue weighted by Gasteiger charge is -2.40. The number of urea groups is 1. The van der Waals surface area contributed by atoms with Gasteiger partial charge in [0, 0.05) is 12.1 Å². The molecular weight excluding hydrogens is 498 g/mol. The molecule has 0 N–H and O–H groups in total. The molecule has 1 saturated heterocycles. The van der Waals surface area contributed by atoms with Crippen LogP contribution in [0.2, 0.25) is 0 Å². The highest BCUT2D eigenvalue weighted by Crippen LogP contribution is 3.02. The molecule has 3 amide bonds. The molecule has 0 unspecified atom stereocenters. The van der Waals surface area contributed by atoms with E-state index in [2.05, 4.69) is 0 Å². The van der Waals surface area contributed by atoms with Gasteiger partial charge >= 0.3 is 16.3 Å². The van der Waals surface area contributed by atoms with E-state index < -0.39 is 79.0 Å². The van der Waals surface area contributed by atoms with Gasteiger partial charge in [0.2, 0.25) is 0 Å². The SMILES string of the molecule is Cc1c(F)c(N2C(=O)N(Cc3cccc(S(F)(F)(F)(F)F)c3)C(C)(C)C2=O)c(F)c(F)c1C#N. The molecule has 0 atom stereocenters. The van der Waals surface area contributed by atoms with E-state index in [1.165, 1.54) is 6.07 Å². The molecular formula is C20H15F8N3O2S. The predicted molar refractivity (Wildman–Crippen MR) is 106 cm³/mol. The Labute approximate surface area is 187 Å². The fourth-order valence-electron chi connectivity index (χ4n) is 3.46. The van der Waals surface area contributed by atoms with Crippen molar-refractivity contribution in [2.45, 2.75) is 37.8 Å². The second kappa shape index (κ2) is 6.84. The van der Waals surface area contributed by atoms with Crippen molar-refractivity contribution < 1.29 is 42.2 Å². The third kappa shape index (κ3) is 3.93. The van der Waals surface area contributed by atoms with Gasteiger partial charge in [-0.25, -0.2) is 22.9 Å². The molecule has 0 bridgehead atoms. The van der Waals surface area contributed by atoms with Crippen LogP contribution in [0.1, 0.15) is 30.5 Å². The quantitative estimate of drug-likeness (QED) is 0.260. The maximum Gasteiger partial charge on any atom is 0.332 e. The highest BCUT2D eigenvalue weighted by atomic mass is 32.5. The number of carbonyl (C=O) groups excluding carboxylic acids is 2. The van der Waals surface area contributed by atoms with Gasteiger partial charge in [0.25, 0.3) is 5.91 Å². The highest BCUT2D eigenvalue weighted by Gasteiger charge is 2.65. The minimum Gasteiger partial charge on any atom is -0.305 e. The summed E-state index contributed by atoms with van der Waals surface area (Å²) in [5.74, 6) is -6.64. The molecule has 0 spiro atoms. The lowest BCUT2D eigenvalue weighted by Crippen LogP contribution is -2.43. The summed E-state index contributed by atoms with van der Waals surface area (Å²) >= 11 is 0. The number of rotatable bonds is 4. The predicted octanol–water partition coefficient (Wildman–Crippen LogP) is 6.69. The topological polar surface area (TPSA) is 64.4 Å². The minimum absolute atomic E-state index is 0.0315. The van der Waals surface area contributed by atoms with E-state index in [9.17, 15) is 42.2 Å². The first kappa shape index (κ1) is 25.3. The molecule has 184 valence electrons. The number of benzene rings is 2. The summed E-state index contributed by atoms with van der Waals surface area (Å²) < 4.78 is 110. The van der Waals surface area contributed by atoms with Crippen molar-refractivity contribution in [3.05, 3.63) is 58.4 Å². The van der Waals surface area contributed by atoms with E-state index in [0.29, 0.717) is 11.0 Å². The normalized spacial score (nSPS) is 18.1. The van der Waals surface area contributed by atoms with E-state index >= 15 is 0 Å².